The van der Waals surface area contributed by atoms with Crippen molar-refractivity contribution in [2.45, 2.75) is 18.4 Å². The summed E-state index contributed by atoms with van der Waals surface area (Å²) >= 11 is 0. The average molecular weight is 486 g/mol. The monoisotopic (exact) mass is 485 g/mol. The van der Waals surface area contributed by atoms with E-state index >= 15 is 0 Å². The average Bonchev–Trinajstić information content (AvgIpc) is 2.81. The molecule has 34 heavy (non-hydrogen) atoms. The van der Waals surface area contributed by atoms with Crippen LogP contribution in [0.5, 0.6) is 11.5 Å². The van der Waals surface area contributed by atoms with Crippen molar-refractivity contribution in [3.05, 3.63) is 89.2 Å². The highest BCUT2D eigenvalue weighted by atomic mass is 32.2. The Kier molecular flexibility index (Phi) is 7.98. The van der Waals surface area contributed by atoms with Gasteiger partial charge in [0.25, 0.3) is 5.91 Å². The number of hydrazone groups is 1. The SMILES string of the molecule is COc1cc(/C=N\NC(=O)CN(Cc2ccc(F)cc2)S(=O)(=O)c2ccc(C)cc2)ccc1O. The molecule has 2 N–H and O–H groups in total. The third-order valence-electron chi connectivity index (χ3n) is 4.86. The van der Waals surface area contributed by atoms with Crippen LogP contribution in [0, 0.1) is 12.7 Å². The van der Waals surface area contributed by atoms with Crippen LogP contribution in [-0.2, 0) is 21.4 Å². The Bertz CT molecular complexity index is 1280. The van der Waals surface area contributed by atoms with E-state index in [4.69, 9.17) is 4.74 Å². The van der Waals surface area contributed by atoms with Crippen LogP contribution < -0.4 is 10.2 Å². The summed E-state index contributed by atoms with van der Waals surface area (Å²) in [4.78, 5) is 12.6. The zero-order valence-electron chi connectivity index (χ0n) is 18.6. The number of carbonyl (C=O) groups is 1. The van der Waals surface area contributed by atoms with Gasteiger partial charge in [0.2, 0.25) is 10.0 Å². The number of benzene rings is 3. The van der Waals surface area contributed by atoms with Crippen molar-refractivity contribution >= 4 is 22.1 Å². The molecule has 3 aromatic carbocycles. The third kappa shape index (κ3) is 6.40. The summed E-state index contributed by atoms with van der Waals surface area (Å²) in [6.07, 6.45) is 1.33. The van der Waals surface area contributed by atoms with Crippen LogP contribution in [0.3, 0.4) is 0 Å². The van der Waals surface area contributed by atoms with Gasteiger partial charge in [-0.1, -0.05) is 29.8 Å². The highest BCUT2D eigenvalue weighted by Gasteiger charge is 2.27. The number of nitrogens with zero attached hydrogens (tertiary/aromatic N) is 2. The summed E-state index contributed by atoms with van der Waals surface area (Å²) < 4.78 is 45.8. The van der Waals surface area contributed by atoms with Gasteiger partial charge in [-0.2, -0.15) is 9.41 Å². The van der Waals surface area contributed by atoms with Crippen LogP contribution in [0.2, 0.25) is 0 Å². The number of carbonyl (C=O) groups excluding carboxylic acids is 1. The molecule has 0 bridgehead atoms. The van der Waals surface area contributed by atoms with E-state index in [1.807, 2.05) is 6.92 Å². The molecule has 1 amide bonds. The second kappa shape index (κ2) is 10.9. The number of nitrogens with one attached hydrogen (secondary N) is 1. The first-order valence-electron chi connectivity index (χ1n) is 10.2. The molecule has 0 radical (unpaired) electrons. The molecule has 0 aromatic heterocycles. The zero-order chi connectivity index (χ0) is 24.7. The van der Waals surface area contributed by atoms with Crippen LogP contribution >= 0.6 is 0 Å². The number of aryl methyl sites for hydroxylation is 1. The largest absolute Gasteiger partial charge is 0.504 e. The standard InChI is InChI=1S/C24H24FN3O5S/c1-17-3-10-21(11-4-17)34(31,32)28(15-18-5-8-20(25)9-6-18)16-24(30)27-26-14-19-7-12-22(29)23(13-19)33-2/h3-14,29H,15-16H2,1-2H3,(H,27,30)/b26-14-. The number of aromatic hydroxyl groups is 1. The number of sulfonamides is 1. The van der Waals surface area contributed by atoms with Gasteiger partial charge in [0, 0.05) is 6.54 Å². The summed E-state index contributed by atoms with van der Waals surface area (Å²) in [6.45, 7) is 1.19. The van der Waals surface area contributed by atoms with Crippen LogP contribution in [0.25, 0.3) is 0 Å². The summed E-state index contributed by atoms with van der Waals surface area (Å²) in [5.41, 5.74) is 4.26. The molecular weight excluding hydrogens is 461 g/mol. The molecule has 8 nitrogen and oxygen atoms in total. The number of ether oxygens (including phenoxy) is 1. The molecule has 0 fully saturated rings. The van der Waals surface area contributed by atoms with Crippen molar-refractivity contribution in [1.29, 1.82) is 0 Å². The number of phenolic OH excluding ortho intramolecular Hbond substituents is 1. The van der Waals surface area contributed by atoms with Gasteiger partial charge in [0.05, 0.1) is 24.8 Å². The second-order valence-corrected chi connectivity index (χ2v) is 9.38. The van der Waals surface area contributed by atoms with Crippen molar-refractivity contribution in [3.8, 4) is 11.5 Å². The number of hydrogen-bond acceptors (Lipinski definition) is 6. The topological polar surface area (TPSA) is 108 Å². The predicted molar refractivity (Wildman–Crippen MR) is 126 cm³/mol. The predicted octanol–water partition coefficient (Wildman–Crippen LogP) is 3.19. The number of hydrogen-bond donors (Lipinski definition) is 2. The molecule has 0 saturated carbocycles. The molecule has 0 aliphatic heterocycles. The molecule has 3 aromatic rings. The molecule has 3 rings (SSSR count). The fourth-order valence-electron chi connectivity index (χ4n) is 3.03. The first-order chi connectivity index (χ1) is 16.2. The van der Waals surface area contributed by atoms with Gasteiger partial charge in [-0.05, 0) is 60.5 Å². The van der Waals surface area contributed by atoms with Gasteiger partial charge in [-0.3, -0.25) is 4.79 Å². The van der Waals surface area contributed by atoms with Gasteiger partial charge in [-0.25, -0.2) is 18.2 Å². The Morgan fingerprint density at radius 1 is 1.12 bits per heavy atom. The Balaban J connectivity index is 1.78. The van der Waals surface area contributed by atoms with Crippen molar-refractivity contribution < 1.29 is 27.4 Å². The fraction of sp³-hybridized carbons (Fsp3) is 0.167. The van der Waals surface area contributed by atoms with E-state index in [2.05, 4.69) is 10.5 Å². The van der Waals surface area contributed by atoms with Gasteiger partial charge in [-0.15, -0.1) is 0 Å². The lowest BCUT2D eigenvalue weighted by atomic mass is 10.2. The van der Waals surface area contributed by atoms with Gasteiger partial charge >= 0.3 is 0 Å². The number of amides is 1. The van der Waals surface area contributed by atoms with Gasteiger partial charge < -0.3 is 9.84 Å². The minimum Gasteiger partial charge on any atom is -0.504 e. The Labute approximate surface area is 197 Å². The molecular formula is C24H24FN3O5S. The van der Waals surface area contributed by atoms with E-state index in [9.17, 15) is 22.7 Å². The molecule has 0 saturated heterocycles. The fourth-order valence-corrected chi connectivity index (χ4v) is 4.41. The van der Waals surface area contributed by atoms with E-state index in [1.54, 1.807) is 18.2 Å². The number of phenols is 1. The van der Waals surface area contributed by atoms with Crippen LogP contribution in [-0.4, -0.2) is 43.6 Å². The number of rotatable bonds is 9. The number of methoxy groups -OCH3 is 1. The second-order valence-electron chi connectivity index (χ2n) is 7.44. The Hall–Kier alpha value is -3.76. The normalized spacial score (nSPS) is 11.6. The molecule has 0 aliphatic rings. The maximum absolute atomic E-state index is 13.3. The van der Waals surface area contributed by atoms with E-state index < -0.39 is 28.3 Å². The highest BCUT2D eigenvalue weighted by molar-refractivity contribution is 7.89. The van der Waals surface area contributed by atoms with Crippen molar-refractivity contribution in [3.63, 3.8) is 0 Å². The Morgan fingerprint density at radius 3 is 2.44 bits per heavy atom. The van der Waals surface area contributed by atoms with E-state index in [1.165, 1.54) is 61.9 Å². The quantitative estimate of drug-likeness (QED) is 0.358. The molecule has 0 unspecified atom stereocenters. The van der Waals surface area contributed by atoms with E-state index in [0.29, 0.717) is 11.1 Å². The summed E-state index contributed by atoms with van der Waals surface area (Å²) in [7, 11) is -2.62. The first-order valence-corrected chi connectivity index (χ1v) is 11.6. The van der Waals surface area contributed by atoms with Crippen LogP contribution in [0.15, 0.2) is 76.7 Å². The lowest BCUT2D eigenvalue weighted by Crippen LogP contribution is -2.39. The van der Waals surface area contributed by atoms with E-state index in [0.717, 1.165) is 9.87 Å². The molecule has 178 valence electrons. The molecule has 0 heterocycles. The summed E-state index contributed by atoms with van der Waals surface area (Å²) in [5, 5.41) is 13.5. The molecule has 0 spiro atoms. The minimum absolute atomic E-state index is 0.0349. The minimum atomic E-state index is -4.03. The highest BCUT2D eigenvalue weighted by Crippen LogP contribution is 2.25. The molecule has 0 aliphatic carbocycles. The van der Waals surface area contributed by atoms with Crippen molar-refractivity contribution in [1.82, 2.24) is 9.73 Å². The first kappa shape index (κ1) is 24.9. The third-order valence-corrected chi connectivity index (χ3v) is 6.66. The Morgan fingerprint density at radius 2 is 1.79 bits per heavy atom. The zero-order valence-corrected chi connectivity index (χ0v) is 19.4. The smallest absolute Gasteiger partial charge is 0.255 e. The molecule has 10 heteroatoms. The maximum Gasteiger partial charge on any atom is 0.255 e. The van der Waals surface area contributed by atoms with Crippen molar-refractivity contribution in [2.24, 2.45) is 5.10 Å². The van der Waals surface area contributed by atoms with Crippen LogP contribution in [0.1, 0.15) is 16.7 Å². The van der Waals surface area contributed by atoms with Crippen LogP contribution in [0.4, 0.5) is 4.39 Å². The van der Waals surface area contributed by atoms with E-state index in [-0.39, 0.29) is 22.9 Å². The summed E-state index contributed by atoms with van der Waals surface area (Å²) in [5.74, 6) is -0.916. The van der Waals surface area contributed by atoms with Gasteiger partial charge in [0.15, 0.2) is 11.5 Å². The van der Waals surface area contributed by atoms with Crippen molar-refractivity contribution in [2.75, 3.05) is 13.7 Å². The number of halogens is 1. The maximum atomic E-state index is 13.3. The molecule has 0 atom stereocenters. The lowest BCUT2D eigenvalue weighted by molar-refractivity contribution is -0.121. The van der Waals surface area contributed by atoms with Gasteiger partial charge in [0.1, 0.15) is 5.82 Å². The summed E-state index contributed by atoms with van der Waals surface area (Å²) in [6, 6.07) is 16.1. The lowest BCUT2D eigenvalue weighted by Gasteiger charge is -2.21.